The summed E-state index contributed by atoms with van der Waals surface area (Å²) >= 11 is 6.00. The Morgan fingerprint density at radius 3 is 2.89 bits per heavy atom. The molecule has 3 aromatic rings. The number of carbonyl (C=O) groups excluding carboxylic acids is 1. The molecule has 0 aliphatic rings. The fourth-order valence-electron chi connectivity index (χ4n) is 1.84. The van der Waals surface area contributed by atoms with E-state index < -0.39 is 0 Å². The largest absolute Gasteiger partial charge is 0.321 e. The molecule has 94 valence electrons. The van der Waals surface area contributed by atoms with Crippen molar-refractivity contribution in [2.24, 2.45) is 0 Å². The topological polar surface area (TPSA) is 57.8 Å². The lowest BCUT2D eigenvalue weighted by Crippen LogP contribution is -2.11. The number of hydrogen-bond donors (Lipinski definition) is 2. The van der Waals surface area contributed by atoms with Gasteiger partial charge in [-0.3, -0.25) is 9.89 Å². The lowest BCUT2D eigenvalue weighted by Gasteiger charge is -2.06. The molecule has 0 bridgehead atoms. The van der Waals surface area contributed by atoms with Crippen molar-refractivity contribution in [1.29, 1.82) is 0 Å². The van der Waals surface area contributed by atoms with E-state index in [1.165, 1.54) is 0 Å². The van der Waals surface area contributed by atoms with Gasteiger partial charge in [0.15, 0.2) is 0 Å². The zero-order valence-corrected chi connectivity index (χ0v) is 10.6. The fraction of sp³-hybridized carbons (Fsp3) is 0. The summed E-state index contributed by atoms with van der Waals surface area (Å²) in [5.74, 6) is -0.204. The van der Waals surface area contributed by atoms with Crippen molar-refractivity contribution < 1.29 is 4.79 Å². The average Bonchev–Trinajstić information content (AvgIpc) is 2.88. The SMILES string of the molecule is O=C(Nc1ccccc1Cl)c1ccc2cn[nH]c2c1. The first-order valence-electron chi connectivity index (χ1n) is 5.73. The number of aromatic amines is 1. The van der Waals surface area contributed by atoms with Gasteiger partial charge in [-0.1, -0.05) is 29.8 Å². The van der Waals surface area contributed by atoms with E-state index >= 15 is 0 Å². The molecule has 4 nitrogen and oxygen atoms in total. The first kappa shape index (κ1) is 11.7. The second kappa shape index (κ2) is 4.74. The van der Waals surface area contributed by atoms with Crippen molar-refractivity contribution in [3.05, 3.63) is 59.2 Å². The van der Waals surface area contributed by atoms with Crippen LogP contribution >= 0.6 is 11.6 Å². The molecular weight excluding hydrogens is 262 g/mol. The molecule has 3 rings (SSSR count). The Balaban J connectivity index is 1.89. The predicted octanol–water partition coefficient (Wildman–Crippen LogP) is 3.47. The lowest BCUT2D eigenvalue weighted by atomic mass is 10.1. The number of anilines is 1. The zero-order chi connectivity index (χ0) is 13.2. The van der Waals surface area contributed by atoms with Gasteiger partial charge in [-0.05, 0) is 24.3 Å². The normalized spacial score (nSPS) is 10.6. The number of carbonyl (C=O) groups is 1. The Hall–Kier alpha value is -2.33. The molecule has 1 aromatic heterocycles. The summed E-state index contributed by atoms with van der Waals surface area (Å²) in [5, 5.41) is 11.0. The number of hydrogen-bond acceptors (Lipinski definition) is 2. The quantitative estimate of drug-likeness (QED) is 0.750. The molecule has 0 aliphatic carbocycles. The van der Waals surface area contributed by atoms with Gasteiger partial charge < -0.3 is 5.32 Å². The molecular formula is C14H10ClN3O. The number of halogens is 1. The molecule has 0 atom stereocenters. The maximum atomic E-state index is 12.1. The van der Waals surface area contributed by atoms with Crippen LogP contribution in [-0.2, 0) is 0 Å². The first-order valence-corrected chi connectivity index (χ1v) is 6.11. The number of nitrogens with one attached hydrogen (secondary N) is 2. The Kier molecular flexibility index (Phi) is 2.93. The molecule has 0 aliphatic heterocycles. The average molecular weight is 272 g/mol. The number of benzene rings is 2. The van der Waals surface area contributed by atoms with Crippen LogP contribution in [0.5, 0.6) is 0 Å². The molecule has 1 heterocycles. The summed E-state index contributed by atoms with van der Waals surface area (Å²) in [6, 6.07) is 12.5. The highest BCUT2D eigenvalue weighted by molar-refractivity contribution is 6.33. The van der Waals surface area contributed by atoms with Crippen LogP contribution in [0.15, 0.2) is 48.7 Å². The molecule has 0 fully saturated rings. The van der Waals surface area contributed by atoms with Gasteiger partial charge in [0.05, 0.1) is 22.4 Å². The van der Waals surface area contributed by atoms with E-state index in [1.54, 1.807) is 30.5 Å². The monoisotopic (exact) mass is 271 g/mol. The highest BCUT2D eigenvalue weighted by atomic mass is 35.5. The van der Waals surface area contributed by atoms with Crippen molar-refractivity contribution in [2.75, 3.05) is 5.32 Å². The van der Waals surface area contributed by atoms with E-state index in [0.717, 1.165) is 10.9 Å². The van der Waals surface area contributed by atoms with Gasteiger partial charge >= 0.3 is 0 Å². The van der Waals surface area contributed by atoms with Crippen LogP contribution in [0.4, 0.5) is 5.69 Å². The summed E-state index contributed by atoms with van der Waals surface area (Å²) < 4.78 is 0. The zero-order valence-electron chi connectivity index (χ0n) is 9.85. The van der Waals surface area contributed by atoms with E-state index in [1.807, 2.05) is 18.2 Å². The number of amides is 1. The van der Waals surface area contributed by atoms with E-state index in [0.29, 0.717) is 16.3 Å². The van der Waals surface area contributed by atoms with Crippen LogP contribution in [-0.4, -0.2) is 16.1 Å². The van der Waals surface area contributed by atoms with Crippen LogP contribution in [0.3, 0.4) is 0 Å². The minimum atomic E-state index is -0.204. The van der Waals surface area contributed by atoms with Gasteiger partial charge in [-0.15, -0.1) is 0 Å². The minimum Gasteiger partial charge on any atom is -0.321 e. The second-order valence-corrected chi connectivity index (χ2v) is 4.51. The number of rotatable bonds is 2. The smallest absolute Gasteiger partial charge is 0.255 e. The Labute approximate surface area is 114 Å². The number of nitrogens with zero attached hydrogens (tertiary/aromatic N) is 1. The van der Waals surface area contributed by atoms with Crippen LogP contribution in [0.25, 0.3) is 10.9 Å². The second-order valence-electron chi connectivity index (χ2n) is 4.11. The summed E-state index contributed by atoms with van der Waals surface area (Å²) in [7, 11) is 0. The molecule has 0 radical (unpaired) electrons. The fourth-order valence-corrected chi connectivity index (χ4v) is 2.02. The van der Waals surface area contributed by atoms with Crippen molar-refractivity contribution in [1.82, 2.24) is 10.2 Å². The van der Waals surface area contributed by atoms with Crippen LogP contribution in [0.2, 0.25) is 5.02 Å². The van der Waals surface area contributed by atoms with Crippen LogP contribution in [0.1, 0.15) is 10.4 Å². The summed E-state index contributed by atoms with van der Waals surface area (Å²) in [4.78, 5) is 12.1. The third-order valence-electron chi connectivity index (χ3n) is 2.83. The van der Waals surface area contributed by atoms with Crippen molar-refractivity contribution in [3.63, 3.8) is 0 Å². The first-order chi connectivity index (χ1) is 9.24. The molecule has 0 saturated heterocycles. The Morgan fingerprint density at radius 1 is 1.21 bits per heavy atom. The van der Waals surface area contributed by atoms with Gasteiger partial charge in [0.25, 0.3) is 5.91 Å². The molecule has 0 unspecified atom stereocenters. The van der Waals surface area contributed by atoms with Gasteiger partial charge in [0.2, 0.25) is 0 Å². The molecule has 19 heavy (non-hydrogen) atoms. The van der Waals surface area contributed by atoms with E-state index in [2.05, 4.69) is 15.5 Å². The summed E-state index contributed by atoms with van der Waals surface area (Å²) in [6.45, 7) is 0. The molecule has 1 amide bonds. The minimum absolute atomic E-state index is 0.204. The van der Waals surface area contributed by atoms with Gasteiger partial charge in [-0.2, -0.15) is 5.10 Å². The number of para-hydroxylation sites is 1. The maximum Gasteiger partial charge on any atom is 0.255 e. The third-order valence-corrected chi connectivity index (χ3v) is 3.16. The van der Waals surface area contributed by atoms with E-state index in [4.69, 9.17) is 11.6 Å². The maximum absolute atomic E-state index is 12.1. The molecule has 2 aromatic carbocycles. The third kappa shape index (κ3) is 2.30. The Morgan fingerprint density at radius 2 is 2.05 bits per heavy atom. The van der Waals surface area contributed by atoms with Gasteiger partial charge in [-0.25, -0.2) is 0 Å². The number of fused-ring (bicyclic) bond motifs is 1. The van der Waals surface area contributed by atoms with Crippen LogP contribution < -0.4 is 5.32 Å². The summed E-state index contributed by atoms with van der Waals surface area (Å²) in [6.07, 6.45) is 1.71. The highest BCUT2D eigenvalue weighted by Crippen LogP contribution is 2.21. The van der Waals surface area contributed by atoms with Crippen LogP contribution in [0, 0.1) is 0 Å². The predicted molar refractivity (Wildman–Crippen MR) is 75.5 cm³/mol. The van der Waals surface area contributed by atoms with Crippen molar-refractivity contribution in [2.45, 2.75) is 0 Å². The van der Waals surface area contributed by atoms with Crippen molar-refractivity contribution >= 4 is 34.1 Å². The summed E-state index contributed by atoms with van der Waals surface area (Å²) in [5.41, 5.74) is 1.97. The van der Waals surface area contributed by atoms with Gasteiger partial charge in [0, 0.05) is 10.9 Å². The van der Waals surface area contributed by atoms with E-state index in [9.17, 15) is 4.79 Å². The lowest BCUT2D eigenvalue weighted by molar-refractivity contribution is 0.102. The number of aromatic nitrogens is 2. The van der Waals surface area contributed by atoms with E-state index in [-0.39, 0.29) is 5.91 Å². The molecule has 0 saturated carbocycles. The molecule has 0 spiro atoms. The molecule has 2 N–H and O–H groups in total. The Bertz CT molecular complexity index is 751. The van der Waals surface area contributed by atoms with Crippen molar-refractivity contribution in [3.8, 4) is 0 Å². The number of H-pyrrole nitrogens is 1. The standard InChI is InChI=1S/C14H10ClN3O/c15-11-3-1-2-4-12(11)17-14(19)9-5-6-10-8-16-18-13(10)7-9/h1-8H,(H,16,18)(H,17,19). The van der Waals surface area contributed by atoms with Gasteiger partial charge in [0.1, 0.15) is 0 Å². The highest BCUT2D eigenvalue weighted by Gasteiger charge is 2.09. The molecule has 5 heteroatoms.